The minimum absolute atomic E-state index is 0. The molecule has 0 bridgehead atoms. The molecule has 0 spiro atoms. The Hall–Kier alpha value is -1.13. The van der Waals surface area contributed by atoms with Crippen LogP contribution in [0.1, 0.15) is 30.5 Å². The van der Waals surface area contributed by atoms with Gasteiger partial charge in [0.15, 0.2) is 0 Å². The zero-order chi connectivity index (χ0) is 12.1. The maximum atomic E-state index is 13.3. The molecule has 17 heavy (non-hydrogen) atoms. The van der Waals surface area contributed by atoms with E-state index in [1.54, 1.807) is 26.0 Å². The molecule has 1 aromatic rings. The summed E-state index contributed by atoms with van der Waals surface area (Å²) in [6.45, 7) is 3.71. The Morgan fingerprint density at radius 2 is 2.18 bits per heavy atom. The summed E-state index contributed by atoms with van der Waals surface area (Å²) >= 11 is 0. The molecule has 5 heteroatoms. The van der Waals surface area contributed by atoms with Crippen LogP contribution in [0.25, 0.3) is 0 Å². The predicted octanol–water partition coefficient (Wildman–Crippen LogP) is 2.51. The lowest BCUT2D eigenvalue weighted by atomic mass is 9.99. The van der Waals surface area contributed by atoms with Gasteiger partial charge in [0.05, 0.1) is 13.0 Å². The second-order valence-electron chi connectivity index (χ2n) is 3.57. The lowest BCUT2D eigenvalue weighted by Crippen LogP contribution is -2.18. The van der Waals surface area contributed by atoms with Gasteiger partial charge in [-0.25, -0.2) is 4.39 Å². The lowest BCUT2D eigenvalue weighted by Gasteiger charge is -2.14. The van der Waals surface area contributed by atoms with Crippen molar-refractivity contribution in [2.45, 2.75) is 26.3 Å². The van der Waals surface area contributed by atoms with Gasteiger partial charge in [0, 0.05) is 6.04 Å². The number of carbonyl (C=O) groups is 1. The second kappa shape index (κ2) is 7.25. The van der Waals surface area contributed by atoms with Crippen LogP contribution in [0.5, 0.6) is 0 Å². The van der Waals surface area contributed by atoms with Crippen LogP contribution in [0, 0.1) is 12.7 Å². The number of benzene rings is 1. The third kappa shape index (κ3) is 4.32. The average molecular weight is 262 g/mol. The molecule has 0 aliphatic heterocycles. The molecular formula is C12H17ClFNO2. The van der Waals surface area contributed by atoms with E-state index in [0.717, 1.165) is 0 Å². The van der Waals surface area contributed by atoms with Crippen molar-refractivity contribution >= 4 is 18.4 Å². The highest BCUT2D eigenvalue weighted by Crippen LogP contribution is 2.20. The van der Waals surface area contributed by atoms with Crippen LogP contribution in [-0.2, 0) is 9.53 Å². The summed E-state index contributed by atoms with van der Waals surface area (Å²) in [6, 6.07) is 4.16. The highest BCUT2D eigenvalue weighted by molar-refractivity contribution is 5.85. The number of esters is 1. The number of rotatable bonds is 4. The number of halogens is 2. The molecule has 0 aliphatic rings. The number of hydrogen-bond donors (Lipinski definition) is 1. The SMILES string of the molecule is CCOC(=O)C[C@H](N)c1cccc(F)c1C.Cl. The van der Waals surface area contributed by atoms with Crippen molar-refractivity contribution in [1.82, 2.24) is 0 Å². The van der Waals surface area contributed by atoms with E-state index < -0.39 is 6.04 Å². The highest BCUT2D eigenvalue weighted by Gasteiger charge is 2.15. The summed E-state index contributed by atoms with van der Waals surface area (Å²) in [7, 11) is 0. The fourth-order valence-corrected chi connectivity index (χ4v) is 1.54. The Labute approximate surface area is 107 Å². The van der Waals surface area contributed by atoms with Crippen molar-refractivity contribution in [2.24, 2.45) is 5.73 Å². The fraction of sp³-hybridized carbons (Fsp3) is 0.417. The van der Waals surface area contributed by atoms with Gasteiger partial charge in [-0.15, -0.1) is 12.4 Å². The Kier molecular flexibility index (Phi) is 6.76. The maximum Gasteiger partial charge on any atom is 0.307 e. The third-order valence-electron chi connectivity index (χ3n) is 2.40. The zero-order valence-corrected chi connectivity index (χ0v) is 10.7. The topological polar surface area (TPSA) is 52.3 Å². The van der Waals surface area contributed by atoms with E-state index in [-0.39, 0.29) is 30.6 Å². The third-order valence-corrected chi connectivity index (χ3v) is 2.40. The smallest absolute Gasteiger partial charge is 0.307 e. The van der Waals surface area contributed by atoms with Gasteiger partial charge in [-0.05, 0) is 31.0 Å². The molecule has 0 heterocycles. The molecule has 0 saturated carbocycles. The van der Waals surface area contributed by atoms with E-state index in [2.05, 4.69) is 0 Å². The van der Waals surface area contributed by atoms with E-state index in [9.17, 15) is 9.18 Å². The van der Waals surface area contributed by atoms with Crippen molar-refractivity contribution < 1.29 is 13.9 Å². The number of ether oxygens (including phenoxy) is 1. The quantitative estimate of drug-likeness (QED) is 0.848. The zero-order valence-electron chi connectivity index (χ0n) is 9.90. The van der Waals surface area contributed by atoms with Crippen LogP contribution < -0.4 is 5.73 Å². The molecule has 96 valence electrons. The van der Waals surface area contributed by atoms with Gasteiger partial charge in [-0.3, -0.25) is 4.79 Å². The Morgan fingerprint density at radius 1 is 1.53 bits per heavy atom. The van der Waals surface area contributed by atoms with Crippen LogP contribution in [0.4, 0.5) is 4.39 Å². The van der Waals surface area contributed by atoms with Crippen LogP contribution in [0.3, 0.4) is 0 Å². The summed E-state index contributed by atoms with van der Waals surface area (Å²) in [5.74, 6) is -0.671. The number of carbonyl (C=O) groups excluding carboxylic acids is 1. The van der Waals surface area contributed by atoms with Crippen molar-refractivity contribution in [3.05, 3.63) is 35.1 Å². The summed E-state index contributed by atoms with van der Waals surface area (Å²) < 4.78 is 18.0. The number of hydrogen-bond acceptors (Lipinski definition) is 3. The number of nitrogens with two attached hydrogens (primary N) is 1. The van der Waals surface area contributed by atoms with E-state index in [1.165, 1.54) is 6.07 Å². The molecule has 0 radical (unpaired) electrons. The average Bonchev–Trinajstić information content (AvgIpc) is 2.22. The van der Waals surface area contributed by atoms with Crippen molar-refractivity contribution in [3.63, 3.8) is 0 Å². The van der Waals surface area contributed by atoms with Gasteiger partial charge in [-0.2, -0.15) is 0 Å². The summed E-state index contributed by atoms with van der Waals surface area (Å²) in [4.78, 5) is 11.2. The van der Waals surface area contributed by atoms with Gasteiger partial charge in [-0.1, -0.05) is 12.1 Å². The van der Waals surface area contributed by atoms with Crippen molar-refractivity contribution in [2.75, 3.05) is 6.61 Å². The molecule has 0 saturated heterocycles. The Bertz CT molecular complexity index is 385. The van der Waals surface area contributed by atoms with Crippen molar-refractivity contribution in [1.29, 1.82) is 0 Å². The maximum absolute atomic E-state index is 13.3. The fourth-order valence-electron chi connectivity index (χ4n) is 1.54. The molecule has 0 fully saturated rings. The molecule has 2 N–H and O–H groups in total. The largest absolute Gasteiger partial charge is 0.466 e. The van der Waals surface area contributed by atoms with E-state index in [1.807, 2.05) is 0 Å². The molecule has 0 amide bonds. The molecule has 3 nitrogen and oxygen atoms in total. The lowest BCUT2D eigenvalue weighted by molar-refractivity contribution is -0.143. The van der Waals surface area contributed by atoms with E-state index in [4.69, 9.17) is 10.5 Å². The molecule has 1 aromatic carbocycles. The van der Waals surface area contributed by atoms with Crippen LogP contribution >= 0.6 is 12.4 Å². The molecule has 1 atom stereocenters. The van der Waals surface area contributed by atoms with Gasteiger partial charge < -0.3 is 10.5 Å². The van der Waals surface area contributed by atoms with Crippen molar-refractivity contribution in [3.8, 4) is 0 Å². The summed E-state index contributed by atoms with van der Waals surface area (Å²) in [6.07, 6.45) is 0.0676. The van der Waals surface area contributed by atoms with Gasteiger partial charge in [0.25, 0.3) is 0 Å². The first-order valence-electron chi connectivity index (χ1n) is 5.22. The Morgan fingerprint density at radius 3 is 2.76 bits per heavy atom. The molecule has 0 aliphatic carbocycles. The molecule has 0 aromatic heterocycles. The molecule has 1 rings (SSSR count). The minimum Gasteiger partial charge on any atom is -0.466 e. The molecule has 0 unspecified atom stereocenters. The first-order chi connectivity index (χ1) is 7.56. The van der Waals surface area contributed by atoms with Crippen LogP contribution in [0.2, 0.25) is 0 Å². The Balaban J connectivity index is 0.00000256. The summed E-state index contributed by atoms with van der Waals surface area (Å²) in [5.41, 5.74) is 6.96. The monoisotopic (exact) mass is 261 g/mol. The van der Waals surface area contributed by atoms with Gasteiger partial charge >= 0.3 is 5.97 Å². The normalized spacial score (nSPS) is 11.5. The van der Waals surface area contributed by atoms with E-state index in [0.29, 0.717) is 17.7 Å². The van der Waals surface area contributed by atoms with Crippen LogP contribution in [-0.4, -0.2) is 12.6 Å². The van der Waals surface area contributed by atoms with Gasteiger partial charge in [0.1, 0.15) is 5.82 Å². The highest BCUT2D eigenvalue weighted by atomic mass is 35.5. The minimum atomic E-state index is -0.519. The van der Waals surface area contributed by atoms with Crippen LogP contribution in [0.15, 0.2) is 18.2 Å². The van der Waals surface area contributed by atoms with Gasteiger partial charge in [0.2, 0.25) is 0 Å². The standard InChI is InChI=1S/C12H16FNO2.ClH/c1-3-16-12(15)7-11(14)9-5-4-6-10(13)8(9)2;/h4-6,11H,3,7,14H2,1-2H3;1H/t11-;/m0./s1. The predicted molar refractivity (Wildman–Crippen MR) is 66.6 cm³/mol. The molecular weight excluding hydrogens is 245 g/mol. The first kappa shape index (κ1) is 15.9. The first-order valence-corrected chi connectivity index (χ1v) is 5.22. The second-order valence-corrected chi connectivity index (χ2v) is 3.57. The van der Waals surface area contributed by atoms with E-state index >= 15 is 0 Å². The summed E-state index contributed by atoms with van der Waals surface area (Å²) in [5, 5.41) is 0.